The van der Waals surface area contributed by atoms with Crippen molar-refractivity contribution in [3.63, 3.8) is 0 Å². The summed E-state index contributed by atoms with van der Waals surface area (Å²) in [6.07, 6.45) is 1.97. The molecule has 1 aromatic carbocycles. The van der Waals surface area contributed by atoms with Gasteiger partial charge in [-0.05, 0) is 31.4 Å². The van der Waals surface area contributed by atoms with Crippen LogP contribution in [-0.4, -0.2) is 18.6 Å². The zero-order valence-electron chi connectivity index (χ0n) is 9.41. The van der Waals surface area contributed by atoms with Crippen LogP contribution in [0.2, 0.25) is 0 Å². The van der Waals surface area contributed by atoms with Gasteiger partial charge in [0.25, 0.3) is 5.91 Å². The van der Waals surface area contributed by atoms with Gasteiger partial charge in [-0.25, -0.2) is 4.39 Å². The van der Waals surface area contributed by atoms with Crippen molar-refractivity contribution in [3.8, 4) is 5.75 Å². The van der Waals surface area contributed by atoms with E-state index in [1.807, 2.05) is 0 Å². The number of rotatable bonds is 2. The summed E-state index contributed by atoms with van der Waals surface area (Å²) in [6.45, 7) is 0.675. The second kappa shape index (κ2) is 5.03. The quantitative estimate of drug-likeness (QED) is 0.766. The fourth-order valence-electron chi connectivity index (χ4n) is 1.77. The molecule has 1 aliphatic heterocycles. The summed E-state index contributed by atoms with van der Waals surface area (Å²) < 4.78 is 18.7. The predicted molar refractivity (Wildman–Crippen MR) is 62.1 cm³/mol. The van der Waals surface area contributed by atoms with Crippen LogP contribution in [0.25, 0.3) is 0 Å². The van der Waals surface area contributed by atoms with E-state index in [4.69, 9.17) is 10.5 Å². The highest BCUT2D eigenvalue weighted by atomic mass is 19.1. The summed E-state index contributed by atoms with van der Waals surface area (Å²) in [6, 6.07) is 4.20. The van der Waals surface area contributed by atoms with Gasteiger partial charge >= 0.3 is 0 Å². The summed E-state index contributed by atoms with van der Waals surface area (Å²) in [5.74, 6) is -0.338. The zero-order valence-corrected chi connectivity index (χ0v) is 9.41. The molecule has 0 radical (unpaired) electrons. The number of nitrogens with two attached hydrogens (primary N) is 1. The maximum Gasteiger partial charge on any atom is 0.261 e. The maximum absolute atomic E-state index is 13.2. The third-order valence-electron chi connectivity index (χ3n) is 2.74. The van der Waals surface area contributed by atoms with Crippen molar-refractivity contribution in [2.75, 3.05) is 12.3 Å². The number of hydrogen-bond donors (Lipinski definition) is 2. The van der Waals surface area contributed by atoms with Gasteiger partial charge in [-0.1, -0.05) is 0 Å². The van der Waals surface area contributed by atoms with Crippen molar-refractivity contribution in [1.29, 1.82) is 0 Å². The molecule has 17 heavy (non-hydrogen) atoms. The van der Waals surface area contributed by atoms with E-state index in [-0.39, 0.29) is 11.6 Å². The Morgan fingerprint density at radius 1 is 1.41 bits per heavy atom. The van der Waals surface area contributed by atoms with Crippen LogP contribution in [0, 0.1) is 5.82 Å². The molecule has 1 aromatic rings. The average Bonchev–Trinajstić information content (AvgIpc) is 2.50. The van der Waals surface area contributed by atoms with Gasteiger partial charge in [0.2, 0.25) is 0 Å². The molecule has 3 N–H and O–H groups in total. The van der Waals surface area contributed by atoms with Gasteiger partial charge < -0.3 is 15.8 Å². The summed E-state index contributed by atoms with van der Waals surface area (Å²) in [5, 5.41) is 2.76. The molecule has 1 atom stereocenters. The number of anilines is 1. The normalized spacial score (nSPS) is 20.5. The first-order chi connectivity index (χ1) is 8.16. The second-order valence-electron chi connectivity index (χ2n) is 4.08. The number of nitrogens with one attached hydrogen (secondary N) is 1. The summed E-state index contributed by atoms with van der Waals surface area (Å²) >= 11 is 0. The first-order valence-electron chi connectivity index (χ1n) is 5.66. The Hall–Kier alpha value is -1.78. The number of ether oxygens (including phenoxy) is 1. The maximum atomic E-state index is 13.2. The van der Waals surface area contributed by atoms with Crippen LogP contribution in [0.3, 0.4) is 0 Å². The van der Waals surface area contributed by atoms with Crippen molar-refractivity contribution in [2.45, 2.75) is 25.4 Å². The Labute approximate surface area is 98.9 Å². The van der Waals surface area contributed by atoms with Crippen LogP contribution in [0.5, 0.6) is 5.75 Å². The SMILES string of the molecule is Nc1ccc(OC2CCCCNC2=O)cc1F. The number of carbonyl (C=O) groups excluding carboxylic acids is 1. The summed E-state index contributed by atoms with van der Waals surface area (Å²) in [4.78, 5) is 11.6. The largest absolute Gasteiger partial charge is 0.481 e. The minimum absolute atomic E-state index is 0.0719. The van der Waals surface area contributed by atoms with Crippen LogP contribution in [-0.2, 0) is 4.79 Å². The lowest BCUT2D eigenvalue weighted by Crippen LogP contribution is -2.36. The van der Waals surface area contributed by atoms with Gasteiger partial charge in [0, 0.05) is 12.6 Å². The second-order valence-corrected chi connectivity index (χ2v) is 4.08. The van der Waals surface area contributed by atoms with Crippen LogP contribution < -0.4 is 15.8 Å². The number of halogens is 1. The molecule has 92 valence electrons. The molecule has 0 aliphatic carbocycles. The minimum Gasteiger partial charge on any atom is -0.481 e. The van der Waals surface area contributed by atoms with Crippen molar-refractivity contribution in [2.24, 2.45) is 0 Å². The molecule has 0 saturated carbocycles. The number of amides is 1. The van der Waals surface area contributed by atoms with Crippen molar-refractivity contribution in [3.05, 3.63) is 24.0 Å². The topological polar surface area (TPSA) is 64.3 Å². The molecule has 1 heterocycles. The van der Waals surface area contributed by atoms with Crippen LogP contribution >= 0.6 is 0 Å². The van der Waals surface area contributed by atoms with Crippen molar-refractivity contribution >= 4 is 11.6 Å². The molecule has 0 aromatic heterocycles. The van der Waals surface area contributed by atoms with E-state index in [1.54, 1.807) is 6.07 Å². The zero-order chi connectivity index (χ0) is 12.3. The van der Waals surface area contributed by atoms with E-state index in [9.17, 15) is 9.18 Å². The lowest BCUT2D eigenvalue weighted by atomic mass is 10.2. The minimum atomic E-state index is -0.541. The Balaban J connectivity index is 2.08. The van der Waals surface area contributed by atoms with Crippen molar-refractivity contribution in [1.82, 2.24) is 5.32 Å². The Morgan fingerprint density at radius 3 is 3.00 bits per heavy atom. The van der Waals surface area contributed by atoms with E-state index in [2.05, 4.69) is 5.32 Å². The van der Waals surface area contributed by atoms with Crippen molar-refractivity contribution < 1.29 is 13.9 Å². The highest BCUT2D eigenvalue weighted by Gasteiger charge is 2.22. The van der Waals surface area contributed by atoms with E-state index in [0.717, 1.165) is 12.8 Å². The fraction of sp³-hybridized carbons (Fsp3) is 0.417. The molecule has 1 saturated heterocycles. The molecule has 1 amide bonds. The number of hydrogen-bond acceptors (Lipinski definition) is 3. The number of carbonyl (C=O) groups is 1. The standard InChI is InChI=1S/C12H15FN2O2/c13-9-7-8(4-5-10(9)14)17-11-3-1-2-6-15-12(11)16/h4-5,7,11H,1-3,6,14H2,(H,15,16). The molecule has 4 nitrogen and oxygen atoms in total. The first-order valence-corrected chi connectivity index (χ1v) is 5.66. The highest BCUT2D eigenvalue weighted by Crippen LogP contribution is 2.21. The van der Waals surface area contributed by atoms with Crippen LogP contribution in [0.4, 0.5) is 10.1 Å². The van der Waals surface area contributed by atoms with Crippen LogP contribution in [0.1, 0.15) is 19.3 Å². The molecule has 0 spiro atoms. The van der Waals surface area contributed by atoms with E-state index >= 15 is 0 Å². The average molecular weight is 238 g/mol. The molecule has 0 bridgehead atoms. The van der Waals surface area contributed by atoms with Crippen LogP contribution in [0.15, 0.2) is 18.2 Å². The molecule has 5 heteroatoms. The highest BCUT2D eigenvalue weighted by molar-refractivity contribution is 5.81. The summed E-state index contributed by atoms with van der Waals surface area (Å²) in [7, 11) is 0. The molecule has 2 rings (SSSR count). The lowest BCUT2D eigenvalue weighted by Gasteiger charge is -2.16. The molecule has 1 aliphatic rings. The Bertz CT molecular complexity index is 423. The third kappa shape index (κ3) is 2.87. The lowest BCUT2D eigenvalue weighted by molar-refractivity contribution is -0.127. The Kier molecular flexibility index (Phi) is 3.46. The number of benzene rings is 1. The summed E-state index contributed by atoms with van der Waals surface area (Å²) in [5.41, 5.74) is 5.44. The molecule has 1 fully saturated rings. The number of nitrogen functional groups attached to an aromatic ring is 1. The first kappa shape index (κ1) is 11.7. The smallest absolute Gasteiger partial charge is 0.261 e. The van der Waals surface area contributed by atoms with Gasteiger partial charge in [0.05, 0.1) is 5.69 Å². The van der Waals surface area contributed by atoms with E-state index < -0.39 is 11.9 Å². The van der Waals surface area contributed by atoms with E-state index in [1.165, 1.54) is 12.1 Å². The third-order valence-corrected chi connectivity index (χ3v) is 2.74. The molecule has 1 unspecified atom stereocenters. The van der Waals surface area contributed by atoms with Gasteiger partial charge in [-0.15, -0.1) is 0 Å². The Morgan fingerprint density at radius 2 is 2.24 bits per heavy atom. The predicted octanol–water partition coefficient (Wildman–Crippen LogP) is 1.46. The van der Waals surface area contributed by atoms with Gasteiger partial charge in [-0.3, -0.25) is 4.79 Å². The van der Waals surface area contributed by atoms with Gasteiger partial charge in [0.15, 0.2) is 6.10 Å². The van der Waals surface area contributed by atoms with Gasteiger partial charge in [0.1, 0.15) is 11.6 Å². The monoisotopic (exact) mass is 238 g/mol. The molecular formula is C12H15FN2O2. The van der Waals surface area contributed by atoms with E-state index in [0.29, 0.717) is 18.7 Å². The molecular weight excluding hydrogens is 223 g/mol. The van der Waals surface area contributed by atoms with Gasteiger partial charge in [-0.2, -0.15) is 0 Å². The fourth-order valence-corrected chi connectivity index (χ4v) is 1.77.